The van der Waals surface area contributed by atoms with Crippen molar-refractivity contribution in [2.75, 3.05) is 5.73 Å². The summed E-state index contributed by atoms with van der Waals surface area (Å²) in [5, 5.41) is 0.507. The molecule has 3 heterocycles. The monoisotopic (exact) mass is 323 g/mol. The van der Waals surface area contributed by atoms with Gasteiger partial charge in [-0.15, -0.1) is 8.78 Å². The number of alkyl halides is 2. The number of anilines is 1. The lowest BCUT2D eigenvalue weighted by atomic mass is 10.3. The lowest BCUT2D eigenvalue weighted by Crippen LogP contribution is -2.25. The van der Waals surface area contributed by atoms with E-state index in [1.807, 2.05) is 0 Å². The number of aromatic amines is 1. The Kier molecular flexibility index (Phi) is 2.64. The molecule has 1 aromatic carbocycles. The molecule has 0 saturated heterocycles. The summed E-state index contributed by atoms with van der Waals surface area (Å²) in [7, 11) is 0. The quantitative estimate of drug-likeness (QED) is 0.747. The van der Waals surface area contributed by atoms with Crippen molar-refractivity contribution in [1.82, 2.24) is 19.9 Å². The van der Waals surface area contributed by atoms with E-state index in [9.17, 15) is 8.78 Å². The van der Waals surface area contributed by atoms with E-state index in [1.54, 1.807) is 6.07 Å². The number of imidazole rings is 1. The van der Waals surface area contributed by atoms with Crippen LogP contribution in [0.3, 0.4) is 0 Å². The van der Waals surface area contributed by atoms with Gasteiger partial charge in [-0.05, 0) is 18.2 Å². The van der Waals surface area contributed by atoms with Crippen molar-refractivity contribution in [3.05, 3.63) is 24.5 Å². The van der Waals surface area contributed by atoms with Gasteiger partial charge in [0.1, 0.15) is 11.8 Å². The van der Waals surface area contributed by atoms with Gasteiger partial charge in [0.25, 0.3) is 0 Å². The summed E-state index contributed by atoms with van der Waals surface area (Å²) in [6.07, 6.45) is -2.31. The zero-order chi connectivity index (χ0) is 15.3. The molecule has 2 aromatic heterocycles. The van der Waals surface area contributed by atoms with Crippen LogP contribution in [0.5, 0.6) is 11.5 Å². The first-order valence-electron chi connectivity index (χ1n) is 6.04. The van der Waals surface area contributed by atoms with E-state index < -0.39 is 6.29 Å². The Morgan fingerprint density at radius 2 is 2.00 bits per heavy atom. The van der Waals surface area contributed by atoms with Crippen molar-refractivity contribution in [2.45, 2.75) is 16.3 Å². The van der Waals surface area contributed by atoms with Crippen LogP contribution in [0.4, 0.5) is 14.6 Å². The highest BCUT2D eigenvalue weighted by atomic mass is 32.2. The molecule has 112 valence electrons. The van der Waals surface area contributed by atoms with Crippen molar-refractivity contribution in [1.29, 1.82) is 0 Å². The Balaban J connectivity index is 1.65. The van der Waals surface area contributed by atoms with Crippen LogP contribution in [0.25, 0.3) is 11.2 Å². The van der Waals surface area contributed by atoms with Crippen LogP contribution < -0.4 is 15.2 Å². The molecule has 3 N–H and O–H groups in total. The van der Waals surface area contributed by atoms with Crippen molar-refractivity contribution in [3.8, 4) is 11.5 Å². The maximum absolute atomic E-state index is 13.0. The van der Waals surface area contributed by atoms with Gasteiger partial charge in [0.2, 0.25) is 0 Å². The summed E-state index contributed by atoms with van der Waals surface area (Å²) in [5.41, 5.74) is 6.67. The third-order valence-electron chi connectivity index (χ3n) is 2.88. The maximum Gasteiger partial charge on any atom is 0.586 e. The molecule has 0 amide bonds. The topological polar surface area (TPSA) is 98.9 Å². The van der Waals surface area contributed by atoms with E-state index in [1.165, 1.54) is 30.2 Å². The number of rotatable bonds is 2. The van der Waals surface area contributed by atoms with Gasteiger partial charge >= 0.3 is 6.29 Å². The minimum Gasteiger partial charge on any atom is -0.395 e. The van der Waals surface area contributed by atoms with Gasteiger partial charge in [0.05, 0.1) is 0 Å². The molecule has 1 aliphatic heterocycles. The molecule has 0 aliphatic carbocycles. The van der Waals surface area contributed by atoms with Crippen LogP contribution in [-0.4, -0.2) is 26.2 Å². The Bertz CT molecular complexity index is 885. The van der Waals surface area contributed by atoms with Crippen LogP contribution in [-0.2, 0) is 0 Å². The number of benzene rings is 1. The van der Waals surface area contributed by atoms with Gasteiger partial charge < -0.3 is 20.2 Å². The number of hydrogen-bond donors (Lipinski definition) is 2. The van der Waals surface area contributed by atoms with Gasteiger partial charge in [0.15, 0.2) is 28.1 Å². The van der Waals surface area contributed by atoms with Crippen LogP contribution in [0, 0.1) is 0 Å². The maximum atomic E-state index is 13.0. The summed E-state index contributed by atoms with van der Waals surface area (Å²) in [6.45, 7) is 0. The van der Waals surface area contributed by atoms with Gasteiger partial charge in [-0.3, -0.25) is 0 Å². The Hall–Kier alpha value is -2.62. The first-order valence-corrected chi connectivity index (χ1v) is 6.86. The molecule has 4 rings (SSSR count). The molecule has 0 bridgehead atoms. The lowest BCUT2D eigenvalue weighted by molar-refractivity contribution is -0.286. The number of aromatic nitrogens is 4. The van der Waals surface area contributed by atoms with E-state index in [0.29, 0.717) is 21.2 Å². The minimum atomic E-state index is -3.63. The average Bonchev–Trinajstić information content (AvgIpc) is 2.98. The molecule has 0 unspecified atom stereocenters. The number of nitrogens with zero attached hydrogens (tertiary/aromatic N) is 3. The molecule has 0 fully saturated rings. The van der Waals surface area contributed by atoms with Crippen molar-refractivity contribution in [2.24, 2.45) is 0 Å². The Labute approximate surface area is 125 Å². The molecule has 0 atom stereocenters. The lowest BCUT2D eigenvalue weighted by Gasteiger charge is -2.04. The minimum absolute atomic E-state index is 0.00549. The smallest absolute Gasteiger partial charge is 0.395 e. The van der Waals surface area contributed by atoms with Crippen LogP contribution in [0.15, 0.2) is 34.6 Å². The molecular formula is C12H7F2N5O2S. The second-order valence-electron chi connectivity index (χ2n) is 4.38. The molecular weight excluding hydrogens is 316 g/mol. The normalized spacial score (nSPS) is 15.4. The molecule has 1 aliphatic rings. The Morgan fingerprint density at radius 1 is 1.18 bits per heavy atom. The number of ether oxygens (including phenoxy) is 2. The standard InChI is InChI=1S/C12H7F2N5O2S/c13-12(14)20-6-2-1-5(3-7(6)21-12)22-11-18-8-9(15)16-4-17-10(8)19-11/h1-4H,(H3,15,16,17,18,19). The molecule has 0 spiro atoms. The van der Waals surface area contributed by atoms with Gasteiger partial charge in [0, 0.05) is 4.90 Å². The van der Waals surface area contributed by atoms with E-state index in [-0.39, 0.29) is 17.3 Å². The third kappa shape index (κ3) is 2.17. The molecule has 22 heavy (non-hydrogen) atoms. The van der Waals surface area contributed by atoms with Crippen LogP contribution in [0.1, 0.15) is 0 Å². The molecule has 10 heteroatoms. The first kappa shape index (κ1) is 13.1. The summed E-state index contributed by atoms with van der Waals surface area (Å²) in [5.74, 6) is 0.258. The molecule has 7 nitrogen and oxygen atoms in total. The number of fused-ring (bicyclic) bond motifs is 2. The first-order chi connectivity index (χ1) is 10.5. The van der Waals surface area contributed by atoms with Crippen LogP contribution in [0.2, 0.25) is 0 Å². The fourth-order valence-electron chi connectivity index (χ4n) is 1.98. The summed E-state index contributed by atoms with van der Waals surface area (Å²) < 4.78 is 34.7. The number of H-pyrrole nitrogens is 1. The molecule has 0 saturated carbocycles. The van der Waals surface area contributed by atoms with Gasteiger partial charge in [-0.25, -0.2) is 15.0 Å². The number of hydrogen-bond acceptors (Lipinski definition) is 7. The van der Waals surface area contributed by atoms with E-state index in [2.05, 4.69) is 29.4 Å². The van der Waals surface area contributed by atoms with Crippen LogP contribution >= 0.6 is 11.8 Å². The van der Waals surface area contributed by atoms with E-state index in [0.717, 1.165) is 0 Å². The second-order valence-corrected chi connectivity index (χ2v) is 5.44. The number of nitrogens with one attached hydrogen (secondary N) is 1. The number of nitrogens with two attached hydrogens (primary N) is 1. The highest BCUT2D eigenvalue weighted by Crippen LogP contribution is 2.43. The number of halogens is 2. The second kappa shape index (κ2) is 4.44. The number of nitrogen functional groups attached to an aromatic ring is 1. The van der Waals surface area contributed by atoms with Crippen molar-refractivity contribution < 1.29 is 18.3 Å². The third-order valence-corrected chi connectivity index (χ3v) is 3.76. The SMILES string of the molecule is Nc1ncnc2nc(Sc3ccc4c(c3)OC(F)(F)O4)[nH]c12. The zero-order valence-corrected chi connectivity index (χ0v) is 11.5. The molecule has 3 aromatic rings. The molecule has 0 radical (unpaired) electrons. The van der Waals surface area contributed by atoms with E-state index >= 15 is 0 Å². The van der Waals surface area contributed by atoms with Crippen molar-refractivity contribution >= 4 is 28.7 Å². The Morgan fingerprint density at radius 3 is 2.82 bits per heavy atom. The zero-order valence-electron chi connectivity index (χ0n) is 10.7. The largest absolute Gasteiger partial charge is 0.586 e. The van der Waals surface area contributed by atoms with Crippen molar-refractivity contribution in [3.63, 3.8) is 0 Å². The average molecular weight is 323 g/mol. The summed E-state index contributed by atoms with van der Waals surface area (Å²) in [4.78, 5) is 15.7. The van der Waals surface area contributed by atoms with E-state index in [4.69, 9.17) is 5.73 Å². The predicted molar refractivity (Wildman–Crippen MR) is 72.9 cm³/mol. The highest BCUT2D eigenvalue weighted by Gasteiger charge is 2.43. The fourth-order valence-corrected chi connectivity index (χ4v) is 2.79. The predicted octanol–water partition coefficient (Wildman–Crippen LogP) is 2.41. The fraction of sp³-hybridized carbons (Fsp3) is 0.0833. The summed E-state index contributed by atoms with van der Waals surface area (Å²) in [6, 6.07) is 4.48. The van der Waals surface area contributed by atoms with Gasteiger partial charge in [-0.1, -0.05) is 11.8 Å². The summed E-state index contributed by atoms with van der Waals surface area (Å²) >= 11 is 1.22. The van der Waals surface area contributed by atoms with Gasteiger partial charge in [-0.2, -0.15) is 0 Å². The highest BCUT2D eigenvalue weighted by molar-refractivity contribution is 7.99.